The van der Waals surface area contributed by atoms with E-state index < -0.39 is 0 Å². The Balaban J connectivity index is 1.88. The summed E-state index contributed by atoms with van der Waals surface area (Å²) >= 11 is 0. The van der Waals surface area contributed by atoms with E-state index in [4.69, 9.17) is 10.9 Å². The van der Waals surface area contributed by atoms with Crippen molar-refractivity contribution in [3.05, 3.63) is 12.2 Å². The van der Waals surface area contributed by atoms with Crippen LogP contribution >= 0.6 is 0 Å². The highest BCUT2D eigenvalue weighted by molar-refractivity contribution is 5.79. The SMILES string of the molecule is NC(CCN1CCn2cnnc2C1)=NO. The van der Waals surface area contributed by atoms with Gasteiger partial charge in [0.05, 0.1) is 6.54 Å². The van der Waals surface area contributed by atoms with Gasteiger partial charge in [0.25, 0.3) is 0 Å². The Hall–Kier alpha value is -1.63. The van der Waals surface area contributed by atoms with E-state index in [9.17, 15) is 0 Å². The molecule has 15 heavy (non-hydrogen) atoms. The van der Waals surface area contributed by atoms with Crippen molar-refractivity contribution in [2.45, 2.75) is 19.5 Å². The lowest BCUT2D eigenvalue weighted by Gasteiger charge is -2.26. The number of hydrogen-bond donors (Lipinski definition) is 2. The van der Waals surface area contributed by atoms with E-state index in [0.29, 0.717) is 6.42 Å². The van der Waals surface area contributed by atoms with Crippen molar-refractivity contribution in [2.75, 3.05) is 13.1 Å². The van der Waals surface area contributed by atoms with E-state index >= 15 is 0 Å². The first-order valence-electron chi connectivity index (χ1n) is 4.85. The number of hydrogen-bond acceptors (Lipinski definition) is 5. The van der Waals surface area contributed by atoms with Crippen LogP contribution in [0.1, 0.15) is 12.2 Å². The number of fused-ring (bicyclic) bond motifs is 1. The van der Waals surface area contributed by atoms with Crippen LogP contribution in [0.3, 0.4) is 0 Å². The van der Waals surface area contributed by atoms with E-state index in [2.05, 4.69) is 20.3 Å². The summed E-state index contributed by atoms with van der Waals surface area (Å²) < 4.78 is 2.04. The maximum absolute atomic E-state index is 8.41. The van der Waals surface area contributed by atoms with Crippen LogP contribution in [-0.4, -0.2) is 43.8 Å². The molecule has 1 aromatic heterocycles. The summed E-state index contributed by atoms with van der Waals surface area (Å²) in [7, 11) is 0. The topological polar surface area (TPSA) is 92.6 Å². The fourth-order valence-electron chi connectivity index (χ4n) is 1.63. The number of rotatable bonds is 3. The van der Waals surface area contributed by atoms with Crippen molar-refractivity contribution in [1.29, 1.82) is 0 Å². The highest BCUT2D eigenvalue weighted by Gasteiger charge is 2.16. The molecule has 0 radical (unpaired) electrons. The molecule has 1 aliphatic rings. The molecule has 7 nitrogen and oxygen atoms in total. The van der Waals surface area contributed by atoms with E-state index in [-0.39, 0.29) is 5.84 Å². The highest BCUT2D eigenvalue weighted by Crippen LogP contribution is 2.08. The van der Waals surface area contributed by atoms with Gasteiger partial charge in [-0.3, -0.25) is 4.90 Å². The monoisotopic (exact) mass is 210 g/mol. The van der Waals surface area contributed by atoms with Crippen molar-refractivity contribution in [1.82, 2.24) is 19.7 Å². The second kappa shape index (κ2) is 4.26. The molecule has 2 heterocycles. The fourth-order valence-corrected chi connectivity index (χ4v) is 1.63. The van der Waals surface area contributed by atoms with Gasteiger partial charge in [-0.05, 0) is 0 Å². The van der Waals surface area contributed by atoms with Crippen molar-refractivity contribution in [2.24, 2.45) is 10.9 Å². The fraction of sp³-hybridized carbons (Fsp3) is 0.625. The molecule has 0 aromatic carbocycles. The second-order valence-electron chi connectivity index (χ2n) is 3.56. The lowest BCUT2D eigenvalue weighted by molar-refractivity contribution is 0.221. The normalized spacial score (nSPS) is 17.7. The molecule has 7 heteroatoms. The summed E-state index contributed by atoms with van der Waals surface area (Å²) in [5, 5.41) is 19.2. The van der Waals surface area contributed by atoms with E-state index in [1.54, 1.807) is 6.33 Å². The van der Waals surface area contributed by atoms with Crippen LogP contribution in [-0.2, 0) is 13.1 Å². The molecule has 0 atom stereocenters. The molecule has 1 aliphatic heterocycles. The number of amidine groups is 1. The minimum absolute atomic E-state index is 0.266. The van der Waals surface area contributed by atoms with Gasteiger partial charge in [-0.1, -0.05) is 5.16 Å². The molecular weight excluding hydrogens is 196 g/mol. The van der Waals surface area contributed by atoms with Crippen LogP contribution in [0.2, 0.25) is 0 Å². The van der Waals surface area contributed by atoms with Crippen LogP contribution in [0, 0.1) is 0 Å². The first-order valence-corrected chi connectivity index (χ1v) is 4.85. The molecule has 0 aliphatic carbocycles. The smallest absolute Gasteiger partial charge is 0.147 e. The van der Waals surface area contributed by atoms with Crippen LogP contribution in [0.5, 0.6) is 0 Å². The third-order valence-corrected chi connectivity index (χ3v) is 2.53. The quantitative estimate of drug-likeness (QED) is 0.296. The van der Waals surface area contributed by atoms with Crippen molar-refractivity contribution in [3.63, 3.8) is 0 Å². The summed E-state index contributed by atoms with van der Waals surface area (Å²) in [6, 6.07) is 0. The predicted octanol–water partition coefficient (Wildman–Crippen LogP) is -0.770. The maximum atomic E-state index is 8.41. The number of aromatic nitrogens is 3. The Bertz CT molecular complexity index is 360. The molecule has 0 spiro atoms. The Kier molecular flexibility index (Phi) is 2.82. The van der Waals surface area contributed by atoms with Crippen LogP contribution in [0.4, 0.5) is 0 Å². The number of nitrogens with two attached hydrogens (primary N) is 1. The van der Waals surface area contributed by atoms with Gasteiger partial charge in [0.1, 0.15) is 18.0 Å². The van der Waals surface area contributed by atoms with Gasteiger partial charge < -0.3 is 15.5 Å². The zero-order chi connectivity index (χ0) is 10.7. The molecule has 0 unspecified atom stereocenters. The highest BCUT2D eigenvalue weighted by atomic mass is 16.4. The van der Waals surface area contributed by atoms with E-state index in [0.717, 1.165) is 32.0 Å². The summed E-state index contributed by atoms with van der Waals surface area (Å²) in [6.07, 6.45) is 2.32. The lowest BCUT2D eigenvalue weighted by atomic mass is 10.3. The molecule has 1 aromatic rings. The van der Waals surface area contributed by atoms with Crippen molar-refractivity contribution >= 4 is 5.84 Å². The average molecular weight is 210 g/mol. The minimum atomic E-state index is 0.266. The third kappa shape index (κ3) is 2.24. The van der Waals surface area contributed by atoms with Crippen molar-refractivity contribution in [3.8, 4) is 0 Å². The first kappa shape index (κ1) is 9.91. The van der Waals surface area contributed by atoms with E-state index in [1.807, 2.05) is 4.57 Å². The molecular formula is C8H14N6O. The second-order valence-corrected chi connectivity index (χ2v) is 3.56. The molecule has 2 rings (SSSR count). The molecule has 0 saturated carbocycles. The Labute approximate surface area is 87.2 Å². The van der Waals surface area contributed by atoms with Crippen LogP contribution in [0.25, 0.3) is 0 Å². The van der Waals surface area contributed by atoms with Crippen LogP contribution < -0.4 is 5.73 Å². The first-order chi connectivity index (χ1) is 7.29. The summed E-state index contributed by atoms with van der Waals surface area (Å²) in [6.45, 7) is 3.41. The summed E-state index contributed by atoms with van der Waals surface area (Å²) in [4.78, 5) is 2.21. The summed E-state index contributed by atoms with van der Waals surface area (Å²) in [5.74, 6) is 1.24. The van der Waals surface area contributed by atoms with Gasteiger partial charge in [0.15, 0.2) is 0 Å². The Morgan fingerprint density at radius 1 is 1.60 bits per heavy atom. The number of oxime groups is 1. The molecule has 0 bridgehead atoms. The number of nitrogens with zero attached hydrogens (tertiary/aromatic N) is 5. The zero-order valence-electron chi connectivity index (χ0n) is 8.37. The average Bonchev–Trinajstić information content (AvgIpc) is 2.72. The lowest BCUT2D eigenvalue weighted by Crippen LogP contribution is -2.35. The maximum Gasteiger partial charge on any atom is 0.147 e. The van der Waals surface area contributed by atoms with Gasteiger partial charge in [0.2, 0.25) is 0 Å². The molecule has 0 fully saturated rings. The van der Waals surface area contributed by atoms with Gasteiger partial charge in [-0.15, -0.1) is 10.2 Å². The molecule has 82 valence electrons. The van der Waals surface area contributed by atoms with Gasteiger partial charge in [0, 0.05) is 26.1 Å². The Morgan fingerprint density at radius 3 is 3.27 bits per heavy atom. The molecule has 0 amide bonds. The van der Waals surface area contributed by atoms with Gasteiger partial charge in [-0.25, -0.2) is 0 Å². The van der Waals surface area contributed by atoms with Gasteiger partial charge in [-0.2, -0.15) is 0 Å². The summed E-state index contributed by atoms with van der Waals surface area (Å²) in [5.41, 5.74) is 5.40. The van der Waals surface area contributed by atoms with Crippen molar-refractivity contribution < 1.29 is 5.21 Å². The largest absolute Gasteiger partial charge is 0.409 e. The standard InChI is InChI=1S/C8H14N6O/c9-7(12-15)1-2-13-3-4-14-6-10-11-8(14)5-13/h6,15H,1-5H2,(H2,9,12). The predicted molar refractivity (Wildman–Crippen MR) is 53.3 cm³/mol. The molecule has 3 N–H and O–H groups in total. The zero-order valence-corrected chi connectivity index (χ0v) is 8.37. The molecule has 0 saturated heterocycles. The van der Waals surface area contributed by atoms with E-state index in [1.165, 1.54) is 0 Å². The Morgan fingerprint density at radius 2 is 2.47 bits per heavy atom. The van der Waals surface area contributed by atoms with Crippen LogP contribution in [0.15, 0.2) is 11.5 Å². The third-order valence-electron chi connectivity index (χ3n) is 2.53. The minimum Gasteiger partial charge on any atom is -0.409 e. The van der Waals surface area contributed by atoms with Gasteiger partial charge >= 0.3 is 0 Å².